The second kappa shape index (κ2) is 16.1. The third-order valence-electron chi connectivity index (χ3n) is 6.90. The van der Waals surface area contributed by atoms with Crippen molar-refractivity contribution in [3.05, 3.63) is 71.9 Å². The van der Waals surface area contributed by atoms with Crippen LogP contribution in [0.25, 0.3) is 0 Å². The number of hydrogen-bond donors (Lipinski definition) is 1. The van der Waals surface area contributed by atoms with Gasteiger partial charge in [-0.05, 0) is 37.7 Å². The summed E-state index contributed by atoms with van der Waals surface area (Å²) in [5.41, 5.74) is 1.08. The van der Waals surface area contributed by atoms with Crippen LogP contribution in [0.5, 0.6) is 0 Å². The summed E-state index contributed by atoms with van der Waals surface area (Å²) in [4.78, 5) is 17.3. The Balaban J connectivity index is 1.43. The summed E-state index contributed by atoms with van der Waals surface area (Å²) in [6.07, 6.45) is 14.5. The highest BCUT2D eigenvalue weighted by atomic mass is 16.5. The van der Waals surface area contributed by atoms with Gasteiger partial charge in [-0.3, -0.25) is 4.79 Å². The molecule has 1 aliphatic carbocycles. The summed E-state index contributed by atoms with van der Waals surface area (Å²) >= 11 is 0. The van der Waals surface area contributed by atoms with Crippen LogP contribution in [0.2, 0.25) is 0 Å². The molecule has 3 rings (SSSR count). The number of aromatic nitrogens is 2. The first-order chi connectivity index (χ1) is 17.3. The minimum atomic E-state index is 0.104. The first-order valence-corrected chi connectivity index (χ1v) is 13.7. The number of carbonyl (C=O) groups is 1. The van der Waals surface area contributed by atoms with E-state index in [1.807, 2.05) is 54.6 Å². The molecule has 0 saturated heterocycles. The average Bonchev–Trinajstić information content (AvgIpc) is 3.33. The van der Waals surface area contributed by atoms with Crippen molar-refractivity contribution in [3.8, 4) is 0 Å². The maximum atomic E-state index is 12.4. The van der Waals surface area contributed by atoms with E-state index in [0.29, 0.717) is 24.8 Å². The lowest BCUT2D eigenvalue weighted by Crippen LogP contribution is -2.22. The van der Waals surface area contributed by atoms with Crippen molar-refractivity contribution >= 4 is 5.91 Å². The monoisotopic (exact) mass is 477 g/mol. The van der Waals surface area contributed by atoms with E-state index in [2.05, 4.69) is 17.4 Å². The molecule has 1 amide bonds. The van der Waals surface area contributed by atoms with Crippen LogP contribution in [0.1, 0.15) is 120 Å². The molecule has 190 valence electrons. The number of amides is 1. The molecular weight excluding hydrogens is 434 g/mol. The predicted octanol–water partition coefficient (Wildman–Crippen LogP) is 7.78. The number of carbonyl (C=O) groups excluding carboxylic acids is 1. The second-order valence-electron chi connectivity index (χ2n) is 9.80. The molecule has 2 aromatic rings. The Morgan fingerprint density at radius 2 is 1.60 bits per heavy atom. The lowest BCUT2D eigenvalue weighted by Gasteiger charge is -2.16. The van der Waals surface area contributed by atoms with Crippen molar-refractivity contribution in [2.45, 2.75) is 109 Å². The fraction of sp³-hybridized carbons (Fsp3) is 0.567. The Hall–Kier alpha value is -2.69. The van der Waals surface area contributed by atoms with E-state index in [9.17, 15) is 4.79 Å². The molecule has 1 N–H and O–H groups in total. The Labute approximate surface area is 211 Å². The molecule has 35 heavy (non-hydrogen) atoms. The molecule has 0 spiro atoms. The van der Waals surface area contributed by atoms with Crippen molar-refractivity contribution in [2.75, 3.05) is 0 Å². The number of nitrogens with zero attached hydrogens (tertiary/aromatic N) is 2. The van der Waals surface area contributed by atoms with Crippen LogP contribution in [0.15, 0.2) is 59.1 Å². The zero-order valence-electron chi connectivity index (χ0n) is 21.5. The van der Waals surface area contributed by atoms with Crippen LogP contribution in [0, 0.1) is 0 Å². The average molecular weight is 478 g/mol. The zero-order valence-corrected chi connectivity index (χ0v) is 21.5. The van der Waals surface area contributed by atoms with Crippen LogP contribution in [-0.4, -0.2) is 16.0 Å². The van der Waals surface area contributed by atoms with Gasteiger partial charge in [0.15, 0.2) is 5.82 Å². The van der Waals surface area contributed by atoms with Gasteiger partial charge in [-0.1, -0.05) is 112 Å². The highest BCUT2D eigenvalue weighted by Gasteiger charge is 2.23. The molecule has 1 atom stereocenters. The Morgan fingerprint density at radius 3 is 2.29 bits per heavy atom. The summed E-state index contributed by atoms with van der Waals surface area (Å²) in [6.45, 7) is 2.75. The maximum Gasteiger partial charge on any atom is 0.229 e. The first-order valence-electron chi connectivity index (χ1n) is 13.7. The van der Waals surface area contributed by atoms with Gasteiger partial charge in [-0.15, -0.1) is 0 Å². The molecule has 1 saturated carbocycles. The van der Waals surface area contributed by atoms with Gasteiger partial charge in [0.25, 0.3) is 0 Å². The lowest BCUT2D eigenvalue weighted by atomic mass is 9.90. The Kier molecular flexibility index (Phi) is 12.4. The van der Waals surface area contributed by atoms with Gasteiger partial charge in [-0.25, -0.2) is 0 Å². The van der Waals surface area contributed by atoms with E-state index in [1.165, 1.54) is 44.9 Å². The van der Waals surface area contributed by atoms with Crippen molar-refractivity contribution in [2.24, 2.45) is 0 Å². The van der Waals surface area contributed by atoms with Crippen LogP contribution >= 0.6 is 0 Å². The van der Waals surface area contributed by atoms with E-state index in [4.69, 9.17) is 9.51 Å². The van der Waals surface area contributed by atoms with Crippen LogP contribution in [-0.2, 0) is 11.3 Å². The number of rotatable bonds is 11. The van der Waals surface area contributed by atoms with Gasteiger partial charge in [0, 0.05) is 24.8 Å². The van der Waals surface area contributed by atoms with E-state index < -0.39 is 0 Å². The van der Waals surface area contributed by atoms with Gasteiger partial charge in [0.2, 0.25) is 11.8 Å². The molecule has 1 aromatic carbocycles. The minimum absolute atomic E-state index is 0.104. The fourth-order valence-corrected chi connectivity index (χ4v) is 4.85. The largest absolute Gasteiger partial charge is 0.352 e. The first kappa shape index (κ1) is 26.9. The van der Waals surface area contributed by atoms with Gasteiger partial charge >= 0.3 is 0 Å². The van der Waals surface area contributed by atoms with Gasteiger partial charge < -0.3 is 9.84 Å². The topological polar surface area (TPSA) is 68.0 Å². The van der Waals surface area contributed by atoms with Crippen molar-refractivity contribution in [1.29, 1.82) is 0 Å². The summed E-state index contributed by atoms with van der Waals surface area (Å²) in [5, 5.41) is 7.45. The van der Waals surface area contributed by atoms with Crippen LogP contribution in [0.3, 0.4) is 0 Å². The molecule has 0 bridgehead atoms. The normalized spacial score (nSPS) is 15.5. The van der Waals surface area contributed by atoms with E-state index in [0.717, 1.165) is 49.4 Å². The van der Waals surface area contributed by atoms with Crippen molar-refractivity contribution in [3.63, 3.8) is 0 Å². The fourth-order valence-electron chi connectivity index (χ4n) is 4.85. The molecule has 0 aliphatic heterocycles. The summed E-state index contributed by atoms with van der Waals surface area (Å²) < 4.78 is 5.76. The molecule has 1 heterocycles. The molecule has 5 heteroatoms. The predicted molar refractivity (Wildman–Crippen MR) is 141 cm³/mol. The molecule has 5 nitrogen and oxygen atoms in total. The van der Waals surface area contributed by atoms with E-state index in [-0.39, 0.29) is 5.91 Å². The minimum Gasteiger partial charge on any atom is -0.352 e. The summed E-state index contributed by atoms with van der Waals surface area (Å²) in [6, 6.07) is 18.0. The second-order valence-corrected chi connectivity index (χ2v) is 9.80. The number of unbranched alkanes of at least 4 members (excludes halogenated alkanes) is 1. The molecule has 0 radical (unpaired) electrons. The van der Waals surface area contributed by atoms with Crippen LogP contribution < -0.4 is 5.32 Å². The highest BCUT2D eigenvalue weighted by molar-refractivity contribution is 5.75. The summed E-state index contributed by atoms with van der Waals surface area (Å²) in [5.74, 6) is 2.59. The SMILES string of the molecule is CCCC(CCCCC(=O)NCc1ccccccccc1)c1nc(C2CCCCCCC2)no1. The van der Waals surface area contributed by atoms with Gasteiger partial charge in [0.05, 0.1) is 0 Å². The highest BCUT2D eigenvalue weighted by Crippen LogP contribution is 2.32. The number of hydrogen-bond acceptors (Lipinski definition) is 4. The Morgan fingerprint density at radius 1 is 0.943 bits per heavy atom. The van der Waals surface area contributed by atoms with Gasteiger partial charge in [-0.2, -0.15) is 4.98 Å². The van der Waals surface area contributed by atoms with Crippen molar-refractivity contribution < 1.29 is 9.32 Å². The molecular formula is C30H43N3O2. The molecule has 1 fully saturated rings. The maximum absolute atomic E-state index is 12.4. The quantitative estimate of drug-likeness (QED) is 0.335. The van der Waals surface area contributed by atoms with Gasteiger partial charge in [0.1, 0.15) is 0 Å². The molecule has 1 unspecified atom stereocenters. The van der Waals surface area contributed by atoms with E-state index >= 15 is 0 Å². The van der Waals surface area contributed by atoms with Crippen molar-refractivity contribution in [1.82, 2.24) is 15.5 Å². The molecule has 1 aromatic heterocycles. The lowest BCUT2D eigenvalue weighted by molar-refractivity contribution is -0.121. The number of nitrogens with one attached hydrogen (secondary N) is 1. The van der Waals surface area contributed by atoms with E-state index in [1.54, 1.807) is 0 Å². The third-order valence-corrected chi connectivity index (χ3v) is 6.90. The smallest absolute Gasteiger partial charge is 0.229 e. The summed E-state index contributed by atoms with van der Waals surface area (Å²) in [7, 11) is 0. The van der Waals surface area contributed by atoms with Crippen LogP contribution in [0.4, 0.5) is 0 Å². The molecule has 1 aliphatic rings. The standard InChI is InChI=1S/C30H43N3O2/c1-2-17-27(30-32-29(33-35-30)26-20-13-9-6-10-14-21-26)22-15-16-23-28(34)31-24-25-18-11-7-4-3-5-8-12-19-25/h3-5,7-8,11-12,18-19,26-27H,2,6,9-10,13-17,20-24H2,1H3,(H,31,34). The zero-order chi connectivity index (χ0) is 24.6. The third kappa shape index (κ3) is 10.2. The Bertz CT molecular complexity index is 892.